The van der Waals surface area contributed by atoms with Crippen LogP contribution in [-0.2, 0) is 6.54 Å². The molecule has 0 unspecified atom stereocenters. The third kappa shape index (κ3) is 1.85. The maximum Gasteiger partial charge on any atom is 0.188 e. The van der Waals surface area contributed by atoms with Gasteiger partial charge in [-0.3, -0.25) is 4.68 Å². The van der Waals surface area contributed by atoms with Crippen LogP contribution in [0.1, 0.15) is 5.56 Å². The number of benzene rings is 2. The van der Waals surface area contributed by atoms with E-state index < -0.39 is 0 Å². The molecule has 0 spiro atoms. The van der Waals surface area contributed by atoms with Crippen molar-refractivity contribution >= 4 is 16.6 Å². The lowest BCUT2D eigenvalue weighted by Gasteiger charge is -2.03. The van der Waals surface area contributed by atoms with Gasteiger partial charge in [0.25, 0.3) is 0 Å². The van der Waals surface area contributed by atoms with Crippen LogP contribution in [0.2, 0.25) is 0 Å². The van der Waals surface area contributed by atoms with Crippen LogP contribution in [0.15, 0.2) is 54.7 Å². The molecular weight excluding hydrogens is 222 g/mol. The Morgan fingerprint density at radius 2 is 1.94 bits per heavy atom. The van der Waals surface area contributed by atoms with E-state index in [9.17, 15) is 0 Å². The zero-order valence-corrected chi connectivity index (χ0v) is 9.74. The van der Waals surface area contributed by atoms with Gasteiger partial charge in [0.05, 0.1) is 24.8 Å². The molecule has 0 aliphatic rings. The molecule has 0 radical (unpaired) electrons. The fraction of sp³-hybridized carbons (Fsp3) is 0.0667. The number of hydrogen-bond donors (Lipinski definition) is 0. The Morgan fingerprint density at radius 1 is 1.11 bits per heavy atom. The van der Waals surface area contributed by atoms with Gasteiger partial charge >= 0.3 is 0 Å². The minimum atomic E-state index is 0.654. The van der Waals surface area contributed by atoms with Crippen LogP contribution in [-0.4, -0.2) is 9.78 Å². The summed E-state index contributed by atoms with van der Waals surface area (Å²) in [6, 6.07) is 15.9. The third-order valence-corrected chi connectivity index (χ3v) is 2.93. The molecule has 0 atom stereocenters. The maximum absolute atomic E-state index is 7.00. The quantitative estimate of drug-likeness (QED) is 0.619. The fourth-order valence-corrected chi connectivity index (χ4v) is 2.03. The summed E-state index contributed by atoms with van der Waals surface area (Å²) in [6.45, 7) is 7.75. The first-order valence-electron chi connectivity index (χ1n) is 5.74. The molecule has 0 bridgehead atoms. The van der Waals surface area contributed by atoms with Crippen molar-refractivity contribution in [2.75, 3.05) is 0 Å². The van der Waals surface area contributed by atoms with Crippen molar-refractivity contribution in [2.45, 2.75) is 6.54 Å². The molecule has 1 heterocycles. The largest absolute Gasteiger partial charge is 0.261 e. The van der Waals surface area contributed by atoms with E-state index in [0.717, 1.165) is 17.4 Å². The van der Waals surface area contributed by atoms with E-state index in [2.05, 4.69) is 22.1 Å². The van der Waals surface area contributed by atoms with Gasteiger partial charge in [-0.25, -0.2) is 4.85 Å². The number of rotatable bonds is 2. The Kier molecular flexibility index (Phi) is 2.54. The second-order valence-corrected chi connectivity index (χ2v) is 4.14. The second-order valence-electron chi connectivity index (χ2n) is 4.14. The number of aromatic nitrogens is 2. The van der Waals surface area contributed by atoms with Crippen LogP contribution in [0.3, 0.4) is 0 Å². The first kappa shape index (κ1) is 10.5. The van der Waals surface area contributed by atoms with Gasteiger partial charge in [0.15, 0.2) is 5.69 Å². The molecule has 0 fully saturated rings. The normalized spacial score (nSPS) is 10.4. The molecule has 0 aliphatic carbocycles. The summed E-state index contributed by atoms with van der Waals surface area (Å²) >= 11 is 0. The zero-order valence-electron chi connectivity index (χ0n) is 9.74. The lowest BCUT2D eigenvalue weighted by molar-refractivity contribution is 0.712. The molecule has 3 nitrogen and oxygen atoms in total. The van der Waals surface area contributed by atoms with Crippen LogP contribution in [0, 0.1) is 6.57 Å². The van der Waals surface area contributed by atoms with E-state index in [0.29, 0.717) is 5.69 Å². The summed E-state index contributed by atoms with van der Waals surface area (Å²) in [5.74, 6) is 0. The standard InChI is InChI=1S/C15H11N3/c1-16-14-7-8-15-13(9-14)10-17-18(15)11-12-5-3-2-4-6-12/h2-10H,11H2. The van der Waals surface area contributed by atoms with Gasteiger partial charge in [-0.05, 0) is 17.7 Å². The first-order chi connectivity index (χ1) is 8.86. The predicted octanol–water partition coefficient (Wildman–Crippen LogP) is 3.64. The number of nitrogens with zero attached hydrogens (tertiary/aromatic N) is 3. The van der Waals surface area contributed by atoms with Gasteiger partial charge in [-0.2, -0.15) is 5.10 Å². The summed E-state index contributed by atoms with van der Waals surface area (Å²) in [5, 5.41) is 5.39. The zero-order chi connectivity index (χ0) is 12.4. The van der Waals surface area contributed by atoms with Crippen LogP contribution in [0.25, 0.3) is 15.7 Å². The number of hydrogen-bond acceptors (Lipinski definition) is 1. The van der Waals surface area contributed by atoms with E-state index in [-0.39, 0.29) is 0 Å². The minimum Gasteiger partial charge on any atom is -0.261 e. The fourth-order valence-electron chi connectivity index (χ4n) is 2.03. The molecule has 0 amide bonds. The summed E-state index contributed by atoms with van der Waals surface area (Å²) in [6.07, 6.45) is 1.81. The van der Waals surface area contributed by atoms with Crippen molar-refractivity contribution < 1.29 is 0 Å². The Bertz CT molecular complexity index is 720. The van der Waals surface area contributed by atoms with Crippen LogP contribution < -0.4 is 0 Å². The molecule has 0 N–H and O–H groups in total. The second kappa shape index (κ2) is 4.34. The first-order valence-corrected chi connectivity index (χ1v) is 5.74. The smallest absolute Gasteiger partial charge is 0.188 e. The van der Waals surface area contributed by atoms with Crippen molar-refractivity contribution in [1.29, 1.82) is 0 Å². The Hall–Kier alpha value is -2.60. The average Bonchev–Trinajstić information content (AvgIpc) is 2.82. The van der Waals surface area contributed by atoms with Crippen molar-refractivity contribution in [3.63, 3.8) is 0 Å². The molecule has 18 heavy (non-hydrogen) atoms. The van der Waals surface area contributed by atoms with Gasteiger partial charge in [0.1, 0.15) is 0 Å². The molecule has 3 aromatic rings. The van der Waals surface area contributed by atoms with Crippen molar-refractivity contribution in [3.8, 4) is 0 Å². The summed E-state index contributed by atoms with van der Waals surface area (Å²) in [4.78, 5) is 3.43. The molecule has 0 saturated carbocycles. The minimum absolute atomic E-state index is 0.654. The van der Waals surface area contributed by atoms with Gasteiger partial charge < -0.3 is 0 Å². The Morgan fingerprint density at radius 3 is 2.72 bits per heavy atom. The van der Waals surface area contributed by atoms with Crippen LogP contribution in [0.4, 0.5) is 5.69 Å². The third-order valence-electron chi connectivity index (χ3n) is 2.93. The molecule has 3 rings (SSSR count). The lowest BCUT2D eigenvalue weighted by atomic mass is 10.2. The molecule has 86 valence electrons. The number of fused-ring (bicyclic) bond motifs is 1. The molecular formula is C15H11N3. The molecule has 3 heteroatoms. The topological polar surface area (TPSA) is 22.2 Å². The van der Waals surface area contributed by atoms with E-state index in [1.165, 1.54) is 5.56 Å². The maximum atomic E-state index is 7.00. The van der Waals surface area contributed by atoms with E-state index in [4.69, 9.17) is 6.57 Å². The summed E-state index contributed by atoms with van der Waals surface area (Å²) in [7, 11) is 0. The van der Waals surface area contributed by atoms with E-state index in [1.54, 1.807) is 0 Å². The highest BCUT2D eigenvalue weighted by Crippen LogP contribution is 2.21. The van der Waals surface area contributed by atoms with E-state index >= 15 is 0 Å². The van der Waals surface area contributed by atoms with Gasteiger partial charge in [0.2, 0.25) is 0 Å². The molecule has 0 saturated heterocycles. The monoisotopic (exact) mass is 233 g/mol. The summed E-state index contributed by atoms with van der Waals surface area (Å²) in [5.41, 5.74) is 2.93. The lowest BCUT2D eigenvalue weighted by Crippen LogP contribution is -2.00. The Balaban J connectivity index is 2.01. The molecule has 0 aliphatic heterocycles. The van der Waals surface area contributed by atoms with E-state index in [1.807, 2.05) is 47.3 Å². The highest BCUT2D eigenvalue weighted by molar-refractivity contribution is 5.82. The summed E-state index contributed by atoms with van der Waals surface area (Å²) < 4.78 is 1.96. The van der Waals surface area contributed by atoms with Crippen molar-refractivity contribution in [2.24, 2.45) is 0 Å². The van der Waals surface area contributed by atoms with Gasteiger partial charge in [0, 0.05) is 5.39 Å². The van der Waals surface area contributed by atoms with Crippen molar-refractivity contribution in [3.05, 3.63) is 71.7 Å². The Labute approximate surface area is 105 Å². The van der Waals surface area contributed by atoms with Gasteiger partial charge in [-0.15, -0.1) is 0 Å². The molecule has 1 aromatic heterocycles. The highest BCUT2D eigenvalue weighted by Gasteiger charge is 2.03. The van der Waals surface area contributed by atoms with Gasteiger partial charge in [-0.1, -0.05) is 36.4 Å². The average molecular weight is 233 g/mol. The van der Waals surface area contributed by atoms with Crippen LogP contribution >= 0.6 is 0 Å². The molecule has 2 aromatic carbocycles. The predicted molar refractivity (Wildman–Crippen MR) is 71.5 cm³/mol. The van der Waals surface area contributed by atoms with Crippen molar-refractivity contribution in [1.82, 2.24) is 9.78 Å². The highest BCUT2D eigenvalue weighted by atomic mass is 15.3. The SMILES string of the molecule is [C-]#[N+]c1ccc2c(cnn2Cc2ccccc2)c1. The van der Waals surface area contributed by atoms with Crippen LogP contribution in [0.5, 0.6) is 0 Å².